The molecule has 0 aromatic carbocycles. The smallest absolute Gasteiger partial charge is 0.126 e. The van der Waals surface area contributed by atoms with Gasteiger partial charge in [0.15, 0.2) is 0 Å². The Labute approximate surface area is 95.7 Å². The van der Waals surface area contributed by atoms with E-state index in [1.807, 2.05) is 17.8 Å². The van der Waals surface area contributed by atoms with Crippen LogP contribution in [0.25, 0.3) is 0 Å². The molecule has 0 saturated carbocycles. The molecule has 1 aromatic heterocycles. The van der Waals surface area contributed by atoms with Crippen molar-refractivity contribution >= 4 is 0 Å². The summed E-state index contributed by atoms with van der Waals surface area (Å²) in [7, 11) is 0. The van der Waals surface area contributed by atoms with Crippen LogP contribution in [0, 0.1) is 11.3 Å². The van der Waals surface area contributed by atoms with Gasteiger partial charge in [-0.3, -0.25) is 9.58 Å². The third-order valence-electron chi connectivity index (χ3n) is 2.93. The number of hydrogen-bond acceptors (Lipinski definition) is 4. The molecule has 0 spiro atoms. The fourth-order valence-electron chi connectivity index (χ4n) is 2.00. The Morgan fingerprint density at radius 1 is 1.56 bits per heavy atom. The second-order valence-electron chi connectivity index (χ2n) is 3.95. The van der Waals surface area contributed by atoms with Crippen molar-refractivity contribution in [1.82, 2.24) is 20.0 Å². The van der Waals surface area contributed by atoms with E-state index in [0.29, 0.717) is 0 Å². The summed E-state index contributed by atoms with van der Waals surface area (Å²) in [5, 5.41) is 16.8. The van der Waals surface area contributed by atoms with E-state index in [2.05, 4.69) is 21.4 Å². The van der Waals surface area contributed by atoms with Crippen LogP contribution >= 0.6 is 0 Å². The monoisotopic (exact) mass is 219 g/mol. The Kier molecular flexibility index (Phi) is 3.54. The van der Waals surface area contributed by atoms with E-state index >= 15 is 0 Å². The lowest BCUT2D eigenvalue weighted by Gasteiger charge is -2.30. The molecule has 5 heteroatoms. The van der Waals surface area contributed by atoms with Gasteiger partial charge in [-0.1, -0.05) is 0 Å². The highest BCUT2D eigenvalue weighted by Crippen LogP contribution is 2.19. The third-order valence-corrected chi connectivity index (χ3v) is 2.93. The second-order valence-corrected chi connectivity index (χ2v) is 3.95. The predicted octanol–water partition coefficient (Wildman–Crippen LogP) is 0.373. The topological polar surface area (TPSA) is 56.9 Å². The summed E-state index contributed by atoms with van der Waals surface area (Å²) in [5.74, 6) is 0. The molecule has 0 radical (unpaired) electrons. The van der Waals surface area contributed by atoms with Crippen molar-refractivity contribution in [3.63, 3.8) is 0 Å². The Balaban J connectivity index is 2.12. The van der Waals surface area contributed by atoms with Crippen LogP contribution in [0.4, 0.5) is 0 Å². The lowest BCUT2D eigenvalue weighted by Crippen LogP contribution is -2.44. The van der Waals surface area contributed by atoms with Crippen molar-refractivity contribution in [3.8, 4) is 6.07 Å². The molecule has 1 atom stereocenters. The predicted molar refractivity (Wildman–Crippen MR) is 60.7 cm³/mol. The van der Waals surface area contributed by atoms with Crippen molar-refractivity contribution in [3.05, 3.63) is 18.0 Å². The number of nitrogens with zero attached hydrogens (tertiary/aromatic N) is 4. The molecule has 1 N–H and O–H groups in total. The highest BCUT2D eigenvalue weighted by Gasteiger charge is 2.22. The van der Waals surface area contributed by atoms with Gasteiger partial charge in [-0.25, -0.2) is 0 Å². The van der Waals surface area contributed by atoms with E-state index in [4.69, 9.17) is 0 Å². The van der Waals surface area contributed by atoms with E-state index in [1.165, 1.54) is 0 Å². The molecular formula is C11H17N5. The molecule has 0 aliphatic carbocycles. The normalized spacial score (nSPS) is 19.2. The Morgan fingerprint density at radius 2 is 2.31 bits per heavy atom. The molecule has 1 saturated heterocycles. The first kappa shape index (κ1) is 11.1. The Morgan fingerprint density at radius 3 is 2.88 bits per heavy atom. The van der Waals surface area contributed by atoms with E-state index in [9.17, 15) is 5.26 Å². The number of nitriles is 1. The average Bonchev–Trinajstić information content (AvgIpc) is 2.80. The molecule has 1 fully saturated rings. The van der Waals surface area contributed by atoms with Crippen LogP contribution in [0.15, 0.2) is 12.4 Å². The molecule has 1 aromatic rings. The van der Waals surface area contributed by atoms with Gasteiger partial charge in [-0.2, -0.15) is 10.4 Å². The first-order chi connectivity index (χ1) is 7.85. The summed E-state index contributed by atoms with van der Waals surface area (Å²) >= 11 is 0. The van der Waals surface area contributed by atoms with Crippen molar-refractivity contribution in [2.24, 2.45) is 0 Å². The number of nitrogens with one attached hydrogen (secondary N) is 1. The van der Waals surface area contributed by atoms with Gasteiger partial charge < -0.3 is 5.32 Å². The SMILES string of the molecule is CCn1cc(C(C#N)N2CCNCC2)cn1. The zero-order valence-electron chi connectivity index (χ0n) is 9.56. The third kappa shape index (κ3) is 2.23. The van der Waals surface area contributed by atoms with Gasteiger partial charge in [0.1, 0.15) is 6.04 Å². The first-order valence-electron chi connectivity index (χ1n) is 5.72. The molecular weight excluding hydrogens is 202 g/mol. The largest absolute Gasteiger partial charge is 0.314 e. The molecule has 1 unspecified atom stereocenters. The molecule has 0 amide bonds. The Bertz CT molecular complexity index is 372. The second kappa shape index (κ2) is 5.10. The minimum atomic E-state index is -0.151. The van der Waals surface area contributed by atoms with Crippen LogP contribution in [0.1, 0.15) is 18.5 Å². The highest BCUT2D eigenvalue weighted by molar-refractivity contribution is 5.18. The van der Waals surface area contributed by atoms with E-state index in [-0.39, 0.29) is 6.04 Å². The summed E-state index contributed by atoms with van der Waals surface area (Å²) < 4.78 is 1.86. The summed E-state index contributed by atoms with van der Waals surface area (Å²) in [6.07, 6.45) is 3.77. The van der Waals surface area contributed by atoms with Crippen molar-refractivity contribution in [2.75, 3.05) is 26.2 Å². The van der Waals surface area contributed by atoms with Gasteiger partial charge in [-0.05, 0) is 6.92 Å². The maximum absolute atomic E-state index is 9.26. The summed E-state index contributed by atoms with van der Waals surface area (Å²) in [5.41, 5.74) is 1.01. The molecule has 16 heavy (non-hydrogen) atoms. The minimum absolute atomic E-state index is 0.151. The van der Waals surface area contributed by atoms with Crippen LogP contribution in [0.5, 0.6) is 0 Å². The minimum Gasteiger partial charge on any atom is -0.314 e. The van der Waals surface area contributed by atoms with Crippen LogP contribution in [0.2, 0.25) is 0 Å². The zero-order valence-corrected chi connectivity index (χ0v) is 9.56. The Hall–Kier alpha value is -1.38. The maximum Gasteiger partial charge on any atom is 0.126 e. The van der Waals surface area contributed by atoms with Crippen molar-refractivity contribution in [1.29, 1.82) is 5.26 Å². The zero-order chi connectivity index (χ0) is 11.4. The van der Waals surface area contributed by atoms with Gasteiger partial charge in [0, 0.05) is 44.5 Å². The standard InChI is InChI=1S/C11H17N5/c1-2-16-9-10(8-14-16)11(7-12)15-5-3-13-4-6-15/h8-9,11,13H,2-6H2,1H3. The fraction of sp³-hybridized carbons (Fsp3) is 0.636. The maximum atomic E-state index is 9.26. The molecule has 5 nitrogen and oxygen atoms in total. The van der Waals surface area contributed by atoms with Crippen molar-refractivity contribution < 1.29 is 0 Å². The van der Waals surface area contributed by atoms with Crippen LogP contribution in [-0.2, 0) is 6.54 Å². The van der Waals surface area contributed by atoms with Crippen LogP contribution < -0.4 is 5.32 Å². The molecule has 2 heterocycles. The van der Waals surface area contributed by atoms with Gasteiger partial charge >= 0.3 is 0 Å². The van der Waals surface area contributed by atoms with Gasteiger partial charge in [0.05, 0.1) is 12.3 Å². The van der Waals surface area contributed by atoms with Gasteiger partial charge in [-0.15, -0.1) is 0 Å². The number of piperazine rings is 1. The van der Waals surface area contributed by atoms with Crippen LogP contribution in [0.3, 0.4) is 0 Å². The highest BCUT2D eigenvalue weighted by atomic mass is 15.3. The average molecular weight is 219 g/mol. The summed E-state index contributed by atoms with van der Waals surface area (Å²) in [4.78, 5) is 2.20. The number of aromatic nitrogens is 2. The van der Waals surface area contributed by atoms with E-state index in [1.54, 1.807) is 6.20 Å². The molecule has 86 valence electrons. The molecule has 2 rings (SSSR count). The van der Waals surface area contributed by atoms with E-state index < -0.39 is 0 Å². The lowest BCUT2D eigenvalue weighted by molar-refractivity contribution is 0.207. The molecule has 1 aliphatic rings. The quantitative estimate of drug-likeness (QED) is 0.798. The van der Waals surface area contributed by atoms with E-state index in [0.717, 1.165) is 38.3 Å². The first-order valence-corrected chi connectivity index (χ1v) is 5.72. The molecule has 1 aliphatic heterocycles. The number of hydrogen-bond donors (Lipinski definition) is 1. The number of aryl methyl sites for hydroxylation is 1. The van der Waals surface area contributed by atoms with Crippen molar-refractivity contribution in [2.45, 2.75) is 19.5 Å². The molecule has 0 bridgehead atoms. The fourth-order valence-corrected chi connectivity index (χ4v) is 2.00. The van der Waals surface area contributed by atoms with Gasteiger partial charge in [0.2, 0.25) is 0 Å². The van der Waals surface area contributed by atoms with Gasteiger partial charge in [0.25, 0.3) is 0 Å². The summed E-state index contributed by atoms with van der Waals surface area (Å²) in [6.45, 7) is 6.66. The lowest BCUT2D eigenvalue weighted by atomic mass is 10.1. The summed E-state index contributed by atoms with van der Waals surface area (Å²) in [6, 6.07) is 2.22. The van der Waals surface area contributed by atoms with Crippen LogP contribution in [-0.4, -0.2) is 40.9 Å². The number of rotatable bonds is 3.